The van der Waals surface area contributed by atoms with Gasteiger partial charge in [0.05, 0.1) is 5.56 Å². The molecule has 1 aliphatic heterocycles. The van der Waals surface area contributed by atoms with E-state index in [-0.39, 0.29) is 12.4 Å². The van der Waals surface area contributed by atoms with Crippen molar-refractivity contribution >= 4 is 17.6 Å². The molecule has 6 nitrogen and oxygen atoms in total. The van der Waals surface area contributed by atoms with Crippen LogP contribution in [0.25, 0.3) is 0 Å². The van der Waals surface area contributed by atoms with E-state index in [9.17, 15) is 14.0 Å². The van der Waals surface area contributed by atoms with Gasteiger partial charge in [-0.15, -0.1) is 0 Å². The lowest BCUT2D eigenvalue weighted by atomic mass is 10.2. The Morgan fingerprint density at radius 1 is 1.17 bits per heavy atom. The highest BCUT2D eigenvalue weighted by atomic mass is 19.1. The number of nitrogens with one attached hydrogen (secondary N) is 1. The van der Waals surface area contributed by atoms with Gasteiger partial charge in [0, 0.05) is 5.69 Å². The average molecular weight is 331 g/mol. The Balaban J connectivity index is 1.58. The monoisotopic (exact) mass is 331 g/mol. The number of hydrogen-bond donors (Lipinski definition) is 1. The maximum absolute atomic E-state index is 13.2. The third-order valence-electron chi connectivity index (χ3n) is 3.42. The van der Waals surface area contributed by atoms with Crippen LogP contribution in [-0.4, -0.2) is 25.3 Å². The van der Waals surface area contributed by atoms with Gasteiger partial charge in [-0.25, -0.2) is 9.18 Å². The number of rotatable bonds is 4. The molecule has 0 fully saturated rings. The Morgan fingerprint density at radius 3 is 2.79 bits per heavy atom. The highest BCUT2D eigenvalue weighted by molar-refractivity contribution is 5.96. The van der Waals surface area contributed by atoms with Crippen molar-refractivity contribution in [3.8, 4) is 11.5 Å². The van der Waals surface area contributed by atoms with E-state index in [0.717, 1.165) is 0 Å². The molecule has 0 spiro atoms. The van der Waals surface area contributed by atoms with Gasteiger partial charge in [-0.1, -0.05) is 6.07 Å². The number of aryl methyl sites for hydroxylation is 1. The summed E-state index contributed by atoms with van der Waals surface area (Å²) in [5.41, 5.74) is 1.28. The summed E-state index contributed by atoms with van der Waals surface area (Å²) in [6.07, 6.45) is 0. The maximum Gasteiger partial charge on any atom is 0.338 e. The number of carbonyl (C=O) groups excluding carboxylic acids is 2. The van der Waals surface area contributed by atoms with E-state index in [4.69, 9.17) is 14.2 Å². The zero-order valence-electron chi connectivity index (χ0n) is 12.8. The van der Waals surface area contributed by atoms with Crippen LogP contribution < -0.4 is 14.8 Å². The number of amides is 1. The molecule has 0 bridgehead atoms. The fourth-order valence-electron chi connectivity index (χ4n) is 2.15. The predicted molar refractivity (Wildman–Crippen MR) is 82.6 cm³/mol. The summed E-state index contributed by atoms with van der Waals surface area (Å²) in [4.78, 5) is 23.8. The number of carbonyl (C=O) groups is 2. The van der Waals surface area contributed by atoms with Gasteiger partial charge in [0.1, 0.15) is 5.82 Å². The summed E-state index contributed by atoms with van der Waals surface area (Å²) in [6.45, 7) is 1.35. The van der Waals surface area contributed by atoms with Crippen LogP contribution in [0.1, 0.15) is 15.9 Å². The van der Waals surface area contributed by atoms with E-state index >= 15 is 0 Å². The molecule has 0 aromatic heterocycles. The minimum Gasteiger partial charge on any atom is -0.454 e. The molecule has 1 amide bonds. The smallest absolute Gasteiger partial charge is 0.338 e. The van der Waals surface area contributed by atoms with Crippen molar-refractivity contribution in [1.29, 1.82) is 0 Å². The van der Waals surface area contributed by atoms with E-state index < -0.39 is 24.3 Å². The van der Waals surface area contributed by atoms with Gasteiger partial charge in [0.2, 0.25) is 6.79 Å². The lowest BCUT2D eigenvalue weighted by Gasteiger charge is -2.09. The molecule has 124 valence electrons. The molecule has 1 N–H and O–H groups in total. The predicted octanol–water partition coefficient (Wildman–Crippen LogP) is 2.66. The molecule has 0 aliphatic carbocycles. The van der Waals surface area contributed by atoms with E-state index in [0.29, 0.717) is 22.7 Å². The zero-order chi connectivity index (χ0) is 17.1. The first kappa shape index (κ1) is 15.8. The molecule has 0 saturated carbocycles. The Labute approximate surface area is 137 Å². The zero-order valence-corrected chi connectivity index (χ0v) is 12.8. The molecular formula is C17H14FNO5. The lowest BCUT2D eigenvalue weighted by molar-refractivity contribution is -0.119. The summed E-state index contributed by atoms with van der Waals surface area (Å²) in [6, 6.07) is 8.64. The van der Waals surface area contributed by atoms with Crippen LogP contribution in [0.5, 0.6) is 11.5 Å². The minimum atomic E-state index is -0.667. The Hall–Kier alpha value is -3.09. The van der Waals surface area contributed by atoms with Crippen molar-refractivity contribution in [2.24, 2.45) is 0 Å². The quantitative estimate of drug-likeness (QED) is 0.872. The number of fused-ring (bicyclic) bond motifs is 1. The molecule has 1 heterocycles. The van der Waals surface area contributed by atoms with Crippen LogP contribution in [0.2, 0.25) is 0 Å². The van der Waals surface area contributed by atoms with Crippen LogP contribution in [0.15, 0.2) is 36.4 Å². The standard InChI is InChI=1S/C17H14FNO5/c1-10-2-4-12(18)7-13(10)19-16(20)8-22-17(21)11-3-5-14-15(6-11)24-9-23-14/h2-7H,8-9H2,1H3,(H,19,20). The molecule has 0 radical (unpaired) electrons. The molecular weight excluding hydrogens is 317 g/mol. The Morgan fingerprint density at radius 2 is 1.96 bits per heavy atom. The molecule has 0 atom stereocenters. The summed E-state index contributed by atoms with van der Waals surface area (Å²) in [5, 5.41) is 2.50. The van der Waals surface area contributed by atoms with Crippen LogP contribution >= 0.6 is 0 Å². The molecule has 24 heavy (non-hydrogen) atoms. The summed E-state index contributed by atoms with van der Waals surface area (Å²) in [5.74, 6) is -0.694. The first-order valence-electron chi connectivity index (χ1n) is 7.16. The third kappa shape index (κ3) is 3.45. The molecule has 2 aromatic carbocycles. The van der Waals surface area contributed by atoms with Crippen molar-refractivity contribution < 1.29 is 28.2 Å². The Bertz CT molecular complexity index is 806. The number of benzene rings is 2. The fraction of sp³-hybridized carbons (Fsp3) is 0.176. The molecule has 1 aliphatic rings. The van der Waals surface area contributed by atoms with Crippen molar-refractivity contribution in [2.45, 2.75) is 6.92 Å². The van der Waals surface area contributed by atoms with Gasteiger partial charge in [-0.05, 0) is 42.8 Å². The second-order valence-electron chi connectivity index (χ2n) is 5.15. The third-order valence-corrected chi connectivity index (χ3v) is 3.42. The number of anilines is 1. The average Bonchev–Trinajstić information content (AvgIpc) is 3.03. The Kier molecular flexibility index (Phi) is 4.33. The number of hydrogen-bond acceptors (Lipinski definition) is 5. The van der Waals surface area contributed by atoms with Gasteiger partial charge < -0.3 is 19.5 Å². The number of ether oxygens (including phenoxy) is 3. The van der Waals surface area contributed by atoms with Gasteiger partial charge in [0.25, 0.3) is 5.91 Å². The summed E-state index contributed by atoms with van der Waals surface area (Å²) < 4.78 is 28.5. The van der Waals surface area contributed by atoms with E-state index in [1.165, 1.54) is 24.3 Å². The second-order valence-corrected chi connectivity index (χ2v) is 5.15. The largest absolute Gasteiger partial charge is 0.454 e. The maximum atomic E-state index is 13.2. The topological polar surface area (TPSA) is 73.9 Å². The SMILES string of the molecule is Cc1ccc(F)cc1NC(=O)COC(=O)c1ccc2c(c1)OCO2. The van der Waals surface area contributed by atoms with Crippen LogP contribution in [0.4, 0.5) is 10.1 Å². The summed E-state index contributed by atoms with van der Waals surface area (Å²) >= 11 is 0. The minimum absolute atomic E-state index is 0.100. The van der Waals surface area contributed by atoms with E-state index in [1.54, 1.807) is 19.1 Å². The fourth-order valence-corrected chi connectivity index (χ4v) is 2.15. The van der Waals surface area contributed by atoms with Gasteiger partial charge >= 0.3 is 5.97 Å². The molecule has 2 aromatic rings. The van der Waals surface area contributed by atoms with Crippen LogP contribution in [0, 0.1) is 12.7 Å². The molecule has 7 heteroatoms. The normalized spacial score (nSPS) is 11.9. The highest BCUT2D eigenvalue weighted by Crippen LogP contribution is 2.32. The van der Waals surface area contributed by atoms with Crippen molar-refractivity contribution in [3.63, 3.8) is 0 Å². The highest BCUT2D eigenvalue weighted by Gasteiger charge is 2.17. The number of esters is 1. The first-order chi connectivity index (χ1) is 11.5. The molecule has 3 rings (SSSR count). The van der Waals surface area contributed by atoms with Gasteiger partial charge in [0.15, 0.2) is 18.1 Å². The van der Waals surface area contributed by atoms with Crippen molar-refractivity contribution in [1.82, 2.24) is 0 Å². The summed E-state index contributed by atoms with van der Waals surface area (Å²) in [7, 11) is 0. The molecule has 0 saturated heterocycles. The second kappa shape index (κ2) is 6.57. The lowest BCUT2D eigenvalue weighted by Crippen LogP contribution is -2.21. The van der Waals surface area contributed by atoms with Crippen molar-refractivity contribution in [3.05, 3.63) is 53.3 Å². The number of halogens is 1. The van der Waals surface area contributed by atoms with E-state index in [1.807, 2.05) is 0 Å². The van der Waals surface area contributed by atoms with Crippen LogP contribution in [-0.2, 0) is 9.53 Å². The molecule has 0 unspecified atom stereocenters. The van der Waals surface area contributed by atoms with Gasteiger partial charge in [-0.2, -0.15) is 0 Å². The van der Waals surface area contributed by atoms with Crippen molar-refractivity contribution in [2.75, 3.05) is 18.7 Å². The first-order valence-corrected chi connectivity index (χ1v) is 7.16. The van der Waals surface area contributed by atoms with Crippen LogP contribution in [0.3, 0.4) is 0 Å². The van der Waals surface area contributed by atoms with Gasteiger partial charge in [-0.3, -0.25) is 4.79 Å². The van der Waals surface area contributed by atoms with E-state index in [2.05, 4.69) is 5.32 Å².